The zero-order chi connectivity index (χ0) is 11.5. The zero-order valence-corrected chi connectivity index (χ0v) is 11.8. The summed E-state index contributed by atoms with van der Waals surface area (Å²) in [5, 5.41) is 4.51. The summed E-state index contributed by atoms with van der Waals surface area (Å²) in [7, 11) is 0. The van der Waals surface area contributed by atoms with E-state index in [0.29, 0.717) is 12.1 Å². The standard InChI is InChI=1S/C11H15ClN2S2/c1-3-8-6-15-11(14-8)13-7(2)9-4-5-10(12)16-9/h4-5,7-8H,3,6H2,1-2H3,(H,13,14). The largest absolute Gasteiger partial charge is 0.358 e. The molecule has 16 heavy (non-hydrogen) atoms. The highest BCUT2D eigenvalue weighted by atomic mass is 35.5. The molecule has 5 heteroatoms. The molecular formula is C11H15ClN2S2. The van der Waals surface area contributed by atoms with Crippen molar-refractivity contribution in [2.24, 2.45) is 4.99 Å². The zero-order valence-electron chi connectivity index (χ0n) is 9.37. The molecule has 0 amide bonds. The number of hydrogen-bond acceptors (Lipinski definition) is 4. The van der Waals surface area contributed by atoms with Gasteiger partial charge >= 0.3 is 0 Å². The Balaban J connectivity index is 1.95. The van der Waals surface area contributed by atoms with Gasteiger partial charge in [-0.05, 0) is 25.5 Å². The van der Waals surface area contributed by atoms with Crippen molar-refractivity contribution >= 4 is 39.9 Å². The van der Waals surface area contributed by atoms with Crippen LogP contribution < -0.4 is 5.32 Å². The lowest BCUT2D eigenvalue weighted by Crippen LogP contribution is -2.22. The number of amidine groups is 1. The average Bonchev–Trinajstić information content (AvgIpc) is 2.87. The highest BCUT2D eigenvalue weighted by Gasteiger charge is 2.18. The number of thioether (sulfide) groups is 1. The molecule has 0 fully saturated rings. The molecule has 1 aliphatic heterocycles. The van der Waals surface area contributed by atoms with Crippen molar-refractivity contribution in [1.29, 1.82) is 0 Å². The van der Waals surface area contributed by atoms with Crippen molar-refractivity contribution in [3.63, 3.8) is 0 Å². The molecule has 88 valence electrons. The van der Waals surface area contributed by atoms with Crippen LogP contribution >= 0.6 is 34.7 Å². The van der Waals surface area contributed by atoms with Gasteiger partial charge in [-0.3, -0.25) is 4.99 Å². The van der Waals surface area contributed by atoms with Gasteiger partial charge in [0.15, 0.2) is 5.17 Å². The fourth-order valence-electron chi connectivity index (χ4n) is 1.52. The van der Waals surface area contributed by atoms with Crippen LogP contribution in [0.15, 0.2) is 17.1 Å². The SMILES string of the molecule is CCC1CSC(NC(C)c2ccc(Cl)s2)=N1. The van der Waals surface area contributed by atoms with Crippen LogP contribution in [0.4, 0.5) is 0 Å². The second kappa shape index (κ2) is 5.43. The number of nitrogens with one attached hydrogen (secondary N) is 1. The van der Waals surface area contributed by atoms with E-state index >= 15 is 0 Å². The predicted octanol–water partition coefficient (Wildman–Crippen LogP) is 3.93. The Labute approximate surface area is 109 Å². The Kier molecular flexibility index (Phi) is 4.16. The summed E-state index contributed by atoms with van der Waals surface area (Å²) < 4.78 is 0.844. The lowest BCUT2D eigenvalue weighted by molar-refractivity contribution is 0.709. The number of thiophene rings is 1. The fraction of sp³-hybridized carbons (Fsp3) is 0.545. The minimum absolute atomic E-state index is 0.291. The fourth-order valence-corrected chi connectivity index (χ4v) is 3.73. The van der Waals surface area contributed by atoms with Crippen LogP contribution in [-0.2, 0) is 0 Å². The van der Waals surface area contributed by atoms with Gasteiger partial charge in [0.25, 0.3) is 0 Å². The molecule has 0 bridgehead atoms. The smallest absolute Gasteiger partial charge is 0.157 e. The van der Waals surface area contributed by atoms with Crippen molar-refractivity contribution in [1.82, 2.24) is 5.32 Å². The van der Waals surface area contributed by atoms with E-state index in [0.717, 1.165) is 21.7 Å². The van der Waals surface area contributed by atoms with Gasteiger partial charge in [-0.1, -0.05) is 30.3 Å². The molecule has 1 aliphatic rings. The van der Waals surface area contributed by atoms with Crippen LogP contribution in [0.2, 0.25) is 4.34 Å². The highest BCUT2D eigenvalue weighted by molar-refractivity contribution is 8.14. The Hall–Kier alpha value is -0.190. The molecule has 0 saturated carbocycles. The maximum absolute atomic E-state index is 5.92. The summed E-state index contributed by atoms with van der Waals surface area (Å²) in [6, 6.07) is 4.80. The molecule has 1 aromatic rings. The van der Waals surface area contributed by atoms with Crippen molar-refractivity contribution in [3.05, 3.63) is 21.3 Å². The molecule has 2 rings (SSSR count). The van der Waals surface area contributed by atoms with Crippen LogP contribution in [0.3, 0.4) is 0 Å². The summed E-state index contributed by atoms with van der Waals surface area (Å²) in [5.74, 6) is 1.11. The van der Waals surface area contributed by atoms with Crippen LogP contribution in [0.5, 0.6) is 0 Å². The summed E-state index contributed by atoms with van der Waals surface area (Å²) >= 11 is 9.36. The highest BCUT2D eigenvalue weighted by Crippen LogP contribution is 2.28. The van der Waals surface area contributed by atoms with E-state index in [4.69, 9.17) is 11.6 Å². The maximum Gasteiger partial charge on any atom is 0.157 e. The average molecular weight is 275 g/mol. The summed E-state index contributed by atoms with van der Waals surface area (Å²) in [6.45, 7) is 4.32. The number of hydrogen-bond donors (Lipinski definition) is 1. The first-order valence-corrected chi connectivity index (χ1v) is 7.59. The Morgan fingerprint density at radius 1 is 1.62 bits per heavy atom. The first kappa shape index (κ1) is 12.3. The van der Waals surface area contributed by atoms with Crippen LogP contribution in [0, 0.1) is 0 Å². The van der Waals surface area contributed by atoms with Gasteiger partial charge in [-0.2, -0.15) is 0 Å². The van der Waals surface area contributed by atoms with Crippen molar-refractivity contribution in [2.45, 2.75) is 32.4 Å². The lowest BCUT2D eigenvalue weighted by atomic mass is 10.3. The van der Waals surface area contributed by atoms with Gasteiger partial charge < -0.3 is 5.32 Å². The molecule has 2 nitrogen and oxygen atoms in total. The minimum atomic E-state index is 0.291. The number of nitrogens with zero attached hydrogens (tertiary/aromatic N) is 1. The van der Waals surface area contributed by atoms with Crippen LogP contribution in [-0.4, -0.2) is 17.0 Å². The van der Waals surface area contributed by atoms with Gasteiger partial charge in [0.05, 0.1) is 16.4 Å². The third kappa shape index (κ3) is 2.93. The quantitative estimate of drug-likeness (QED) is 0.903. The number of aliphatic imine (C=N–C) groups is 1. The summed E-state index contributed by atoms with van der Waals surface area (Å²) in [6.07, 6.45) is 1.12. The third-order valence-corrected chi connectivity index (χ3v) is 5.01. The molecule has 1 aromatic heterocycles. The first-order valence-electron chi connectivity index (χ1n) is 5.41. The predicted molar refractivity (Wildman–Crippen MR) is 74.9 cm³/mol. The maximum atomic E-state index is 5.92. The van der Waals surface area contributed by atoms with Crippen molar-refractivity contribution in [3.8, 4) is 0 Å². The molecule has 0 spiro atoms. The number of rotatable bonds is 3. The van der Waals surface area contributed by atoms with E-state index in [-0.39, 0.29) is 0 Å². The second-order valence-corrected chi connectivity index (χ2v) is 6.57. The lowest BCUT2D eigenvalue weighted by Gasteiger charge is -2.12. The van der Waals surface area contributed by atoms with Gasteiger partial charge in [0, 0.05) is 10.6 Å². The van der Waals surface area contributed by atoms with Gasteiger partial charge in [0.1, 0.15) is 0 Å². The Morgan fingerprint density at radius 3 is 3.00 bits per heavy atom. The monoisotopic (exact) mass is 274 g/mol. The van der Waals surface area contributed by atoms with Gasteiger partial charge in [-0.15, -0.1) is 11.3 Å². The molecule has 0 saturated heterocycles. The molecule has 1 N–H and O–H groups in total. The molecule has 0 radical (unpaired) electrons. The third-order valence-electron chi connectivity index (χ3n) is 2.54. The van der Waals surface area contributed by atoms with E-state index in [1.54, 1.807) is 11.3 Å². The van der Waals surface area contributed by atoms with Gasteiger partial charge in [0.2, 0.25) is 0 Å². The van der Waals surface area contributed by atoms with Crippen molar-refractivity contribution < 1.29 is 0 Å². The van der Waals surface area contributed by atoms with Gasteiger partial charge in [-0.25, -0.2) is 0 Å². The Morgan fingerprint density at radius 2 is 2.44 bits per heavy atom. The number of halogens is 1. The van der Waals surface area contributed by atoms with E-state index in [9.17, 15) is 0 Å². The van der Waals surface area contributed by atoms with E-state index in [1.165, 1.54) is 4.88 Å². The minimum Gasteiger partial charge on any atom is -0.358 e. The first-order chi connectivity index (χ1) is 7.69. The molecule has 2 atom stereocenters. The normalized spacial score (nSPS) is 21.9. The topological polar surface area (TPSA) is 24.4 Å². The van der Waals surface area contributed by atoms with Crippen LogP contribution in [0.1, 0.15) is 31.2 Å². The molecule has 0 aromatic carbocycles. The summed E-state index contributed by atoms with van der Waals surface area (Å²) in [4.78, 5) is 5.88. The van der Waals surface area contributed by atoms with E-state index < -0.39 is 0 Å². The van der Waals surface area contributed by atoms with Crippen LogP contribution in [0.25, 0.3) is 0 Å². The summed E-state index contributed by atoms with van der Waals surface area (Å²) in [5.41, 5.74) is 0. The molecule has 2 heterocycles. The second-order valence-electron chi connectivity index (χ2n) is 3.82. The molecule has 0 aliphatic carbocycles. The Bertz CT molecular complexity index is 389. The van der Waals surface area contributed by atoms with E-state index in [1.807, 2.05) is 17.8 Å². The molecular weight excluding hydrogens is 260 g/mol. The van der Waals surface area contributed by atoms with E-state index in [2.05, 4.69) is 30.2 Å². The van der Waals surface area contributed by atoms with Crippen molar-refractivity contribution in [2.75, 3.05) is 5.75 Å². The molecule has 2 unspecified atom stereocenters.